The largest absolute Gasteiger partial charge is 0.383 e. The van der Waals surface area contributed by atoms with Crippen LogP contribution in [0.5, 0.6) is 0 Å². The number of hydrogen-bond acceptors (Lipinski definition) is 7. The van der Waals surface area contributed by atoms with E-state index in [2.05, 4.69) is 58.4 Å². The molecule has 3 aromatic carbocycles. The minimum Gasteiger partial charge on any atom is -0.383 e. The molecule has 0 saturated heterocycles. The lowest BCUT2D eigenvalue weighted by atomic mass is 9.96. The predicted molar refractivity (Wildman–Crippen MR) is 176 cm³/mol. The molecule has 0 saturated carbocycles. The molecule has 230 valence electrons. The molecule has 8 nitrogen and oxygen atoms in total. The van der Waals surface area contributed by atoms with E-state index in [1.54, 1.807) is 29.3 Å². The molecule has 1 aliphatic rings. The van der Waals surface area contributed by atoms with Crippen LogP contribution in [-0.4, -0.2) is 26.3 Å². The standard InChI is InChI=1S/C34H33ClF2N8/c1-6-20-15-38-32-23(31(20)39-19-34(2,3)4)13-21(14-26(32)35)41-33(22-9-7-12-30-24(22)16-40-44(30)5)29-18-45(43-42-29)17-25-27(36)10-8-11-28(25)37/h1,7-16,18,33,41-43H,17,19H2,2-5H3,(H,38,39)/t33-/m1/s1/i33D. The Bertz CT molecular complexity index is 2030. The van der Waals surface area contributed by atoms with Crippen molar-refractivity contribution in [2.24, 2.45) is 12.5 Å². The fourth-order valence-electron chi connectivity index (χ4n) is 5.22. The van der Waals surface area contributed by atoms with Crippen LogP contribution in [-0.2, 0) is 13.6 Å². The van der Waals surface area contributed by atoms with Gasteiger partial charge in [-0.05, 0) is 41.3 Å². The molecule has 4 N–H and O–H groups in total. The molecule has 0 fully saturated rings. The number of benzene rings is 3. The van der Waals surface area contributed by atoms with E-state index >= 15 is 0 Å². The highest BCUT2D eigenvalue weighted by Crippen LogP contribution is 2.37. The highest BCUT2D eigenvalue weighted by Gasteiger charge is 2.26. The Balaban J connectivity index is 1.47. The molecule has 1 aliphatic heterocycles. The third kappa shape index (κ3) is 6.10. The number of aryl methyl sites for hydroxylation is 1. The summed E-state index contributed by atoms with van der Waals surface area (Å²) in [5.74, 6) is 1.38. The van der Waals surface area contributed by atoms with Gasteiger partial charge in [0.15, 0.2) is 0 Å². The van der Waals surface area contributed by atoms with Crippen LogP contribution in [0.15, 0.2) is 72.8 Å². The lowest BCUT2D eigenvalue weighted by molar-refractivity contribution is 0.255. The van der Waals surface area contributed by atoms with Crippen molar-refractivity contribution in [2.75, 3.05) is 17.2 Å². The minimum atomic E-state index is -1.68. The van der Waals surface area contributed by atoms with E-state index in [1.165, 1.54) is 23.2 Å². The van der Waals surface area contributed by atoms with Gasteiger partial charge in [0.1, 0.15) is 11.6 Å². The fraction of sp³-hybridized carbons (Fsp3) is 0.235. The third-order valence-electron chi connectivity index (χ3n) is 7.48. The molecule has 11 heteroatoms. The smallest absolute Gasteiger partial charge is 0.131 e. The van der Waals surface area contributed by atoms with E-state index in [4.69, 9.17) is 18.0 Å². The van der Waals surface area contributed by atoms with Crippen LogP contribution in [0.4, 0.5) is 20.2 Å². The number of anilines is 2. The molecule has 0 radical (unpaired) electrons. The van der Waals surface area contributed by atoms with Crippen molar-refractivity contribution in [1.29, 1.82) is 0 Å². The first-order valence-electron chi connectivity index (χ1n) is 14.8. The van der Waals surface area contributed by atoms with E-state index in [-0.39, 0.29) is 17.5 Å². The number of pyridine rings is 1. The van der Waals surface area contributed by atoms with Crippen LogP contribution in [0.1, 0.15) is 44.9 Å². The van der Waals surface area contributed by atoms with Crippen LogP contribution in [0, 0.1) is 29.4 Å². The van der Waals surface area contributed by atoms with Gasteiger partial charge in [0.2, 0.25) is 0 Å². The first kappa shape index (κ1) is 28.9. The Morgan fingerprint density at radius 1 is 1.11 bits per heavy atom. The highest BCUT2D eigenvalue weighted by atomic mass is 35.5. The summed E-state index contributed by atoms with van der Waals surface area (Å²) in [6, 6.07) is 11.2. The quantitative estimate of drug-likeness (QED) is 0.138. The van der Waals surface area contributed by atoms with E-state index in [9.17, 15) is 10.2 Å². The van der Waals surface area contributed by atoms with Crippen LogP contribution in [0.25, 0.3) is 21.8 Å². The van der Waals surface area contributed by atoms with Crippen molar-refractivity contribution in [1.82, 2.24) is 30.7 Å². The van der Waals surface area contributed by atoms with Crippen molar-refractivity contribution in [2.45, 2.75) is 33.3 Å². The number of aromatic nitrogens is 3. The lowest BCUT2D eigenvalue weighted by Crippen LogP contribution is -2.37. The van der Waals surface area contributed by atoms with Crippen LogP contribution in [0.2, 0.25) is 5.02 Å². The van der Waals surface area contributed by atoms with Crippen molar-refractivity contribution < 1.29 is 10.2 Å². The molecule has 45 heavy (non-hydrogen) atoms. The SMILES string of the molecule is [2H][C@](Nc1cc(Cl)c2ncc(C#C)c(NCC(C)(C)C)c2c1)(C1=CN(Cc2c(F)cccc2F)NN1)c1cccc2c1cnn2C. The monoisotopic (exact) mass is 627 g/mol. The number of hydrazine groups is 2. The second kappa shape index (κ2) is 11.9. The van der Waals surface area contributed by atoms with Gasteiger partial charge >= 0.3 is 0 Å². The van der Waals surface area contributed by atoms with Gasteiger partial charge in [-0.25, -0.2) is 8.78 Å². The van der Waals surface area contributed by atoms with Gasteiger partial charge in [-0.1, -0.05) is 56.5 Å². The van der Waals surface area contributed by atoms with Gasteiger partial charge in [0.05, 0.1) is 53.1 Å². The summed E-state index contributed by atoms with van der Waals surface area (Å²) in [5, 5.41) is 14.6. The Morgan fingerprint density at radius 2 is 1.87 bits per heavy atom. The van der Waals surface area contributed by atoms with Crippen molar-refractivity contribution >= 4 is 44.8 Å². The molecule has 2 aromatic heterocycles. The maximum Gasteiger partial charge on any atom is 0.131 e. The maximum absolute atomic E-state index is 14.5. The minimum absolute atomic E-state index is 0.0368. The summed E-state index contributed by atoms with van der Waals surface area (Å²) in [6.07, 6.45) is 10.8. The summed E-state index contributed by atoms with van der Waals surface area (Å²) >= 11 is 6.82. The number of fused-ring (bicyclic) bond motifs is 2. The average Bonchev–Trinajstić information content (AvgIpc) is 3.64. The second-order valence-corrected chi connectivity index (χ2v) is 12.5. The van der Waals surface area contributed by atoms with Gasteiger partial charge < -0.3 is 16.1 Å². The molecule has 1 atom stereocenters. The normalized spacial score (nSPS) is 14.9. The molecule has 0 unspecified atom stereocenters. The Morgan fingerprint density at radius 3 is 2.60 bits per heavy atom. The fourth-order valence-corrected chi connectivity index (χ4v) is 5.49. The van der Waals surface area contributed by atoms with Gasteiger partial charge in [0.25, 0.3) is 0 Å². The van der Waals surface area contributed by atoms with E-state index < -0.39 is 17.7 Å². The lowest BCUT2D eigenvalue weighted by Gasteiger charge is -2.24. The first-order valence-corrected chi connectivity index (χ1v) is 14.7. The number of halogens is 3. The molecule has 6 rings (SSSR count). The average molecular weight is 628 g/mol. The molecule has 5 aromatic rings. The van der Waals surface area contributed by atoms with Gasteiger partial charge in [-0.2, -0.15) is 5.10 Å². The van der Waals surface area contributed by atoms with E-state index in [1.807, 2.05) is 31.3 Å². The van der Waals surface area contributed by atoms with Gasteiger partial charge in [-0.15, -0.1) is 12.0 Å². The molecule has 0 spiro atoms. The molecule has 0 bridgehead atoms. The molecule has 0 aliphatic carbocycles. The molecule has 3 heterocycles. The van der Waals surface area contributed by atoms with Crippen LogP contribution >= 0.6 is 11.6 Å². The molecule has 0 amide bonds. The number of nitrogens with one attached hydrogen (secondary N) is 4. The van der Waals surface area contributed by atoms with E-state index in [0.29, 0.717) is 45.0 Å². The Hall–Kier alpha value is -4.85. The highest BCUT2D eigenvalue weighted by molar-refractivity contribution is 6.35. The Labute approximate surface area is 266 Å². The molecular weight excluding hydrogens is 594 g/mol. The zero-order valence-corrected chi connectivity index (χ0v) is 26.0. The van der Waals surface area contributed by atoms with Gasteiger partial charge in [0, 0.05) is 48.0 Å². The van der Waals surface area contributed by atoms with Crippen LogP contribution < -0.4 is 21.6 Å². The third-order valence-corrected chi connectivity index (χ3v) is 7.77. The van der Waals surface area contributed by atoms with Crippen molar-refractivity contribution in [3.8, 4) is 12.3 Å². The summed E-state index contributed by atoms with van der Waals surface area (Å²) in [7, 11) is 1.83. The maximum atomic E-state index is 14.5. The molecular formula is C34H33ClF2N8. The number of hydrogen-bond donors (Lipinski definition) is 4. The van der Waals surface area contributed by atoms with Crippen molar-refractivity contribution in [3.63, 3.8) is 0 Å². The van der Waals surface area contributed by atoms with Crippen molar-refractivity contribution in [3.05, 3.63) is 106 Å². The second-order valence-electron chi connectivity index (χ2n) is 12.1. The topological polar surface area (TPSA) is 82.1 Å². The summed E-state index contributed by atoms with van der Waals surface area (Å²) in [5.41, 5.74) is 9.97. The van der Waals surface area contributed by atoms with Gasteiger partial charge in [-0.3, -0.25) is 14.7 Å². The number of rotatable bonds is 8. The first-order chi connectivity index (χ1) is 21.9. The summed E-state index contributed by atoms with van der Waals surface area (Å²) in [6.45, 7) is 6.86. The zero-order chi connectivity index (χ0) is 32.8. The van der Waals surface area contributed by atoms with Crippen LogP contribution in [0.3, 0.4) is 0 Å². The number of terminal acetylenes is 1. The summed E-state index contributed by atoms with van der Waals surface area (Å²) in [4.78, 5) is 4.54. The van der Waals surface area contributed by atoms with E-state index in [0.717, 1.165) is 16.6 Å². The number of nitrogens with zero attached hydrogens (tertiary/aromatic N) is 4. The predicted octanol–water partition coefficient (Wildman–Crippen LogP) is 7.01. The summed E-state index contributed by atoms with van der Waals surface area (Å²) < 4.78 is 40.8. The zero-order valence-electron chi connectivity index (χ0n) is 26.3. The Kier molecular flexibility index (Phi) is 7.65.